The Balaban J connectivity index is 0. The van der Waals surface area contributed by atoms with Crippen molar-refractivity contribution in [2.24, 2.45) is 0 Å². The third kappa shape index (κ3) is 38.0. The summed E-state index contributed by atoms with van der Waals surface area (Å²) < 4.78 is 28.7. The molecule has 0 atom stereocenters. The Bertz CT molecular complexity index is 739. The number of hydrogen-bond donors (Lipinski definition) is 0. The van der Waals surface area contributed by atoms with E-state index in [-0.39, 0.29) is 24.0 Å². The van der Waals surface area contributed by atoms with E-state index in [0.29, 0.717) is 13.2 Å². The van der Waals surface area contributed by atoms with Gasteiger partial charge in [0.15, 0.2) is 0 Å². The molecule has 0 amide bonds. The van der Waals surface area contributed by atoms with Crippen molar-refractivity contribution < 1.29 is 42.1 Å². The van der Waals surface area contributed by atoms with E-state index in [1.54, 1.807) is 0 Å². The lowest BCUT2D eigenvalue weighted by Gasteiger charge is -2.29. The highest BCUT2D eigenvalue weighted by Gasteiger charge is 2.30. The number of rotatable bonds is 39. The van der Waals surface area contributed by atoms with Crippen molar-refractivity contribution in [3.05, 3.63) is 24.3 Å². The van der Waals surface area contributed by atoms with Crippen LogP contribution in [0, 0.1) is 0 Å². The number of allylic oxidation sites excluding steroid dienone is 4. The van der Waals surface area contributed by atoms with Crippen LogP contribution in [0.25, 0.3) is 0 Å². The maximum Gasteiger partial charge on any atom is 0.407 e. The van der Waals surface area contributed by atoms with Crippen LogP contribution in [0.3, 0.4) is 0 Å². The molecule has 50 heavy (non-hydrogen) atoms. The van der Waals surface area contributed by atoms with Gasteiger partial charge in [0.1, 0.15) is 0 Å². The number of nitrogens with zero attached hydrogens (tertiary/aromatic N) is 2. The van der Waals surface area contributed by atoms with Crippen LogP contribution >= 0.6 is 7.75 Å². The third-order valence-electron chi connectivity index (χ3n) is 9.55. The largest absolute Gasteiger partial charge is 1.00 e. The van der Waals surface area contributed by atoms with Crippen LogP contribution in [0.5, 0.6) is 0 Å². The summed E-state index contributed by atoms with van der Waals surface area (Å²) in [4.78, 5) is 0. The van der Waals surface area contributed by atoms with Gasteiger partial charge in [-0.1, -0.05) is 154 Å². The van der Waals surface area contributed by atoms with Crippen LogP contribution < -0.4 is 24.0 Å². The van der Waals surface area contributed by atoms with Crippen LogP contribution in [0.1, 0.15) is 200 Å². The lowest BCUT2D eigenvalue weighted by atomic mass is 10.1. The molecule has 300 valence electrons. The van der Waals surface area contributed by atoms with Crippen molar-refractivity contribution >= 4 is 7.75 Å². The fourth-order valence-electron chi connectivity index (χ4n) is 6.19. The van der Waals surface area contributed by atoms with Crippen LogP contribution in [-0.2, 0) is 13.6 Å². The Morgan fingerprint density at radius 2 is 0.780 bits per heavy atom. The minimum atomic E-state index is -3.26. The molecule has 0 aliphatic rings. The summed E-state index contributed by atoms with van der Waals surface area (Å²) in [5, 5.41) is 0. The Morgan fingerprint density at radius 3 is 1.10 bits per heavy atom. The Morgan fingerprint density at radius 1 is 0.480 bits per heavy atom. The first-order valence-corrected chi connectivity index (χ1v) is 23.0. The molecule has 0 aromatic carbocycles. The normalized spacial score (nSPS) is 12.5. The van der Waals surface area contributed by atoms with E-state index in [1.807, 2.05) is 11.7 Å². The van der Waals surface area contributed by atoms with Gasteiger partial charge in [0, 0.05) is 13.0 Å². The standard InChI is InChI=1S/C43H88N2O3P.HI/c1-7-9-11-13-15-17-19-21-23-25-27-29-31-33-35-37-42-47-49(46,44(3)40-39-41-45(4,5)6)48-43-38-36-34-32-30-28-26-24-22-20-18-16-14-12-10-8-2;/h21-24H,7-20,25-43H2,1-6H3;1H/q+1;/p-1/b23-21-,24-22-;. The molecule has 0 saturated heterocycles. The molecule has 0 fully saturated rings. The second kappa shape index (κ2) is 39.0. The summed E-state index contributed by atoms with van der Waals surface area (Å²) in [5.41, 5.74) is 0. The van der Waals surface area contributed by atoms with Gasteiger partial charge in [-0.3, -0.25) is 9.05 Å². The lowest BCUT2D eigenvalue weighted by Crippen LogP contribution is -3.00. The summed E-state index contributed by atoms with van der Waals surface area (Å²) in [6, 6.07) is 0. The second-order valence-electron chi connectivity index (χ2n) is 15.8. The van der Waals surface area contributed by atoms with E-state index in [0.717, 1.165) is 49.7 Å². The molecule has 0 heterocycles. The molecule has 0 unspecified atom stereocenters. The van der Waals surface area contributed by atoms with Crippen molar-refractivity contribution in [2.45, 2.75) is 200 Å². The topological polar surface area (TPSA) is 38.8 Å². The van der Waals surface area contributed by atoms with Crippen molar-refractivity contribution in [1.29, 1.82) is 0 Å². The summed E-state index contributed by atoms with van der Waals surface area (Å²) >= 11 is 0. The van der Waals surface area contributed by atoms with Crippen LogP contribution in [0.2, 0.25) is 0 Å². The smallest absolute Gasteiger partial charge is 0.407 e. The molecule has 0 bridgehead atoms. The minimum absolute atomic E-state index is 0. The van der Waals surface area contributed by atoms with Gasteiger partial charge in [-0.05, 0) is 71.3 Å². The average Bonchev–Trinajstić information content (AvgIpc) is 3.07. The average molecular weight is 839 g/mol. The Kier molecular flexibility index (Phi) is 40.8. The van der Waals surface area contributed by atoms with Crippen molar-refractivity contribution in [3.63, 3.8) is 0 Å². The zero-order chi connectivity index (χ0) is 36.2. The van der Waals surface area contributed by atoms with Gasteiger partial charge < -0.3 is 28.5 Å². The Hall–Kier alpha value is 0.280. The fraction of sp³-hybridized carbons (Fsp3) is 0.907. The zero-order valence-electron chi connectivity index (χ0n) is 34.6. The molecule has 0 radical (unpaired) electrons. The van der Waals surface area contributed by atoms with Crippen molar-refractivity contribution in [2.75, 3.05) is 54.5 Å². The zero-order valence-corrected chi connectivity index (χ0v) is 37.6. The molecule has 0 rings (SSSR count). The predicted octanol–water partition coefficient (Wildman–Crippen LogP) is 11.2. The molecule has 5 nitrogen and oxygen atoms in total. The highest BCUT2D eigenvalue weighted by Crippen LogP contribution is 2.51. The lowest BCUT2D eigenvalue weighted by molar-refractivity contribution is -0.870. The quantitative estimate of drug-likeness (QED) is 0.0203. The van der Waals surface area contributed by atoms with E-state index in [4.69, 9.17) is 9.05 Å². The van der Waals surface area contributed by atoms with E-state index >= 15 is 0 Å². The number of halogens is 1. The van der Waals surface area contributed by atoms with Gasteiger partial charge in [0.25, 0.3) is 0 Å². The van der Waals surface area contributed by atoms with Gasteiger partial charge >= 0.3 is 7.75 Å². The van der Waals surface area contributed by atoms with Gasteiger partial charge in [-0.2, -0.15) is 0 Å². The first kappa shape index (κ1) is 52.4. The van der Waals surface area contributed by atoms with E-state index < -0.39 is 7.75 Å². The molecule has 0 saturated carbocycles. The van der Waals surface area contributed by atoms with Crippen LogP contribution in [0.4, 0.5) is 0 Å². The van der Waals surface area contributed by atoms with Gasteiger partial charge in [0.05, 0.1) is 40.9 Å². The summed E-state index contributed by atoms with van der Waals surface area (Å²) in [5.74, 6) is 0. The third-order valence-corrected chi connectivity index (χ3v) is 11.6. The Labute approximate surface area is 331 Å². The number of quaternary nitrogens is 1. The van der Waals surface area contributed by atoms with E-state index in [9.17, 15) is 4.57 Å². The summed E-state index contributed by atoms with van der Waals surface area (Å²) in [6.07, 6.45) is 46.4. The monoisotopic (exact) mass is 839 g/mol. The fourth-order valence-corrected chi connectivity index (χ4v) is 7.76. The van der Waals surface area contributed by atoms with E-state index in [2.05, 4.69) is 59.3 Å². The minimum Gasteiger partial charge on any atom is -1.00 e. The van der Waals surface area contributed by atoms with Crippen molar-refractivity contribution in [1.82, 2.24) is 4.67 Å². The molecule has 0 spiro atoms. The molecular formula is C43H88IN2O3P. The first-order chi connectivity index (χ1) is 23.7. The van der Waals surface area contributed by atoms with Crippen LogP contribution in [-0.4, -0.2) is 63.6 Å². The molecule has 0 aliphatic carbocycles. The van der Waals surface area contributed by atoms with Gasteiger partial charge in [-0.25, -0.2) is 9.24 Å². The first-order valence-electron chi connectivity index (χ1n) is 21.5. The highest BCUT2D eigenvalue weighted by molar-refractivity contribution is 7.51. The van der Waals surface area contributed by atoms with Crippen LogP contribution in [0.15, 0.2) is 24.3 Å². The molecule has 7 heteroatoms. The number of unbranched alkanes of at least 4 members (excludes halogenated alkanes) is 24. The van der Waals surface area contributed by atoms with Crippen molar-refractivity contribution in [3.8, 4) is 0 Å². The molecule has 0 N–H and O–H groups in total. The summed E-state index contributed by atoms with van der Waals surface area (Å²) in [7, 11) is 5.27. The molecule has 0 aliphatic heterocycles. The predicted molar refractivity (Wildman–Crippen MR) is 219 cm³/mol. The number of hydrogen-bond acceptors (Lipinski definition) is 3. The van der Waals surface area contributed by atoms with Gasteiger partial charge in [-0.15, -0.1) is 0 Å². The highest BCUT2D eigenvalue weighted by atomic mass is 127. The molecule has 0 aromatic rings. The maximum absolute atomic E-state index is 13.9. The van der Waals surface area contributed by atoms with Gasteiger partial charge in [0.2, 0.25) is 0 Å². The molecule has 0 aromatic heterocycles. The van der Waals surface area contributed by atoms with E-state index in [1.165, 1.54) is 154 Å². The maximum atomic E-state index is 13.9. The summed E-state index contributed by atoms with van der Waals surface area (Å²) in [6.45, 7) is 7.37. The molecular weight excluding hydrogens is 750 g/mol. The second-order valence-corrected chi connectivity index (χ2v) is 17.9. The SMILES string of the molecule is CCCCCCCC/C=C\CCCCCCCCOP(=O)(OCCCCCCCC/C=C\CCCCCCCC)N(C)CCC[N+](C)(C)C.[I-].